The van der Waals surface area contributed by atoms with Gasteiger partial charge in [-0.05, 0) is 34.4 Å². The zero-order chi connectivity index (χ0) is 11.0. The highest BCUT2D eigenvalue weighted by Crippen LogP contribution is 2.09. The van der Waals surface area contributed by atoms with Crippen LogP contribution in [0.25, 0.3) is 0 Å². The molecule has 0 aromatic carbocycles. The molecule has 0 saturated heterocycles. The minimum Gasteiger partial charge on any atom is -0.396 e. The molecule has 0 radical (unpaired) electrons. The van der Waals surface area contributed by atoms with E-state index >= 15 is 0 Å². The molecule has 14 heavy (non-hydrogen) atoms. The van der Waals surface area contributed by atoms with Crippen molar-refractivity contribution in [3.63, 3.8) is 0 Å². The van der Waals surface area contributed by atoms with Crippen LogP contribution in [-0.2, 0) is 8.85 Å². The Hall–Kier alpha value is 0.0969. The van der Waals surface area contributed by atoms with Gasteiger partial charge < -0.3 is 13.8 Å². The van der Waals surface area contributed by atoms with Crippen molar-refractivity contribution < 1.29 is 8.85 Å². The van der Waals surface area contributed by atoms with E-state index in [2.05, 4.69) is 25.9 Å². The molecule has 0 aromatic rings. The van der Waals surface area contributed by atoms with Crippen LogP contribution in [0.4, 0.5) is 0 Å². The fraction of sp³-hybridized carbons (Fsp3) is 1.00. The lowest BCUT2D eigenvalue weighted by molar-refractivity contribution is 0.173. The summed E-state index contributed by atoms with van der Waals surface area (Å²) in [5.41, 5.74) is 0.500. The molecule has 0 aliphatic heterocycles. The highest BCUT2D eigenvalue weighted by Gasteiger charge is 2.26. The SMILES string of the molecule is CCCC(N(C)C)[SiH](OCC)OCC. The summed E-state index contributed by atoms with van der Waals surface area (Å²) in [5, 5.41) is 0. The first-order valence-corrected chi connectivity index (χ1v) is 7.17. The summed E-state index contributed by atoms with van der Waals surface area (Å²) in [4.78, 5) is 2.24. The number of hydrogen-bond acceptors (Lipinski definition) is 3. The summed E-state index contributed by atoms with van der Waals surface area (Å²) < 4.78 is 11.5. The van der Waals surface area contributed by atoms with E-state index in [4.69, 9.17) is 8.85 Å². The van der Waals surface area contributed by atoms with Gasteiger partial charge >= 0.3 is 9.28 Å². The first-order chi connectivity index (χ1) is 6.67. The van der Waals surface area contributed by atoms with Gasteiger partial charge in [-0.2, -0.15) is 0 Å². The standard InChI is InChI=1S/C10H25NO2Si/c1-6-9-10(11(4)5)14(12-7-2)13-8-3/h10,14H,6-9H2,1-5H3. The Morgan fingerprint density at radius 3 is 1.86 bits per heavy atom. The predicted octanol–water partition coefficient (Wildman–Crippen LogP) is 1.55. The van der Waals surface area contributed by atoms with Crippen molar-refractivity contribution in [2.75, 3.05) is 27.3 Å². The Labute approximate surface area is 90.2 Å². The largest absolute Gasteiger partial charge is 0.396 e. The molecule has 3 nitrogen and oxygen atoms in total. The van der Waals surface area contributed by atoms with E-state index in [1.165, 1.54) is 12.8 Å². The Morgan fingerprint density at radius 1 is 1.07 bits per heavy atom. The normalized spacial score (nSPS) is 13.9. The van der Waals surface area contributed by atoms with Crippen LogP contribution in [0, 0.1) is 0 Å². The van der Waals surface area contributed by atoms with Crippen LogP contribution in [0.2, 0.25) is 0 Å². The summed E-state index contributed by atoms with van der Waals surface area (Å²) in [6.45, 7) is 7.82. The Morgan fingerprint density at radius 2 is 1.57 bits per heavy atom. The van der Waals surface area contributed by atoms with Crippen LogP contribution >= 0.6 is 0 Å². The van der Waals surface area contributed by atoms with Gasteiger partial charge in [-0.15, -0.1) is 0 Å². The van der Waals surface area contributed by atoms with Gasteiger partial charge in [0.15, 0.2) is 0 Å². The van der Waals surface area contributed by atoms with Gasteiger partial charge in [0, 0.05) is 18.9 Å². The van der Waals surface area contributed by atoms with Crippen molar-refractivity contribution in [3.8, 4) is 0 Å². The van der Waals surface area contributed by atoms with Gasteiger partial charge in [0.05, 0.1) is 0 Å². The lowest BCUT2D eigenvalue weighted by atomic mass is 10.3. The van der Waals surface area contributed by atoms with E-state index in [9.17, 15) is 0 Å². The Bertz CT molecular complexity index is 127. The van der Waals surface area contributed by atoms with Crippen LogP contribution in [0.1, 0.15) is 33.6 Å². The van der Waals surface area contributed by atoms with E-state index in [0.717, 1.165) is 13.2 Å². The predicted molar refractivity (Wildman–Crippen MR) is 62.8 cm³/mol. The second kappa shape index (κ2) is 8.41. The third-order valence-electron chi connectivity index (χ3n) is 2.22. The zero-order valence-electron chi connectivity index (χ0n) is 10.2. The quantitative estimate of drug-likeness (QED) is 0.578. The molecule has 86 valence electrons. The molecule has 0 aliphatic rings. The summed E-state index contributed by atoms with van der Waals surface area (Å²) in [6.07, 6.45) is 2.36. The Kier molecular flexibility index (Phi) is 8.47. The molecule has 0 saturated carbocycles. The van der Waals surface area contributed by atoms with E-state index in [-0.39, 0.29) is 0 Å². The molecule has 0 fully saturated rings. The number of nitrogens with zero attached hydrogens (tertiary/aromatic N) is 1. The first kappa shape index (κ1) is 14.1. The zero-order valence-corrected chi connectivity index (χ0v) is 11.4. The molecule has 0 spiro atoms. The highest BCUT2D eigenvalue weighted by molar-refractivity contribution is 6.46. The van der Waals surface area contributed by atoms with Gasteiger partial charge in [0.25, 0.3) is 0 Å². The first-order valence-electron chi connectivity index (χ1n) is 5.56. The van der Waals surface area contributed by atoms with Crippen LogP contribution in [0.3, 0.4) is 0 Å². The summed E-state index contributed by atoms with van der Waals surface area (Å²) in [6, 6.07) is 0. The van der Waals surface area contributed by atoms with Crippen LogP contribution in [-0.4, -0.2) is 47.2 Å². The summed E-state index contributed by atoms with van der Waals surface area (Å²) in [7, 11) is 2.72. The lowest BCUT2D eigenvalue weighted by Crippen LogP contribution is -2.46. The van der Waals surface area contributed by atoms with Crippen molar-refractivity contribution in [3.05, 3.63) is 0 Å². The average Bonchev–Trinajstić information content (AvgIpc) is 2.13. The fourth-order valence-electron chi connectivity index (χ4n) is 1.53. The maximum atomic E-state index is 5.73. The summed E-state index contributed by atoms with van der Waals surface area (Å²) >= 11 is 0. The maximum absolute atomic E-state index is 5.73. The molecule has 0 aromatic heterocycles. The van der Waals surface area contributed by atoms with Crippen LogP contribution in [0.5, 0.6) is 0 Å². The molecular weight excluding hydrogens is 194 g/mol. The molecule has 0 aliphatic carbocycles. The van der Waals surface area contributed by atoms with Crippen LogP contribution in [0.15, 0.2) is 0 Å². The van der Waals surface area contributed by atoms with E-state index in [1.54, 1.807) is 0 Å². The van der Waals surface area contributed by atoms with E-state index in [1.807, 2.05) is 13.8 Å². The number of rotatable bonds is 8. The third-order valence-corrected chi connectivity index (χ3v) is 5.11. The molecule has 1 atom stereocenters. The second-order valence-electron chi connectivity index (χ2n) is 3.60. The maximum Gasteiger partial charge on any atom is 0.339 e. The van der Waals surface area contributed by atoms with Crippen molar-refractivity contribution in [2.45, 2.75) is 39.3 Å². The minimum absolute atomic E-state index is 0.500. The fourth-order valence-corrected chi connectivity index (χ4v) is 3.82. The topological polar surface area (TPSA) is 21.7 Å². The van der Waals surface area contributed by atoms with Crippen molar-refractivity contribution in [2.24, 2.45) is 0 Å². The van der Waals surface area contributed by atoms with Crippen molar-refractivity contribution >= 4 is 9.28 Å². The molecule has 0 amide bonds. The molecular formula is C10H25NO2Si. The molecule has 0 N–H and O–H groups in total. The van der Waals surface area contributed by atoms with Crippen molar-refractivity contribution in [1.82, 2.24) is 4.90 Å². The van der Waals surface area contributed by atoms with Gasteiger partial charge in [-0.1, -0.05) is 13.3 Å². The van der Waals surface area contributed by atoms with Crippen LogP contribution < -0.4 is 0 Å². The van der Waals surface area contributed by atoms with Gasteiger partial charge in [0.1, 0.15) is 0 Å². The highest BCUT2D eigenvalue weighted by atomic mass is 28.3. The van der Waals surface area contributed by atoms with E-state index in [0.29, 0.717) is 5.67 Å². The molecule has 0 heterocycles. The van der Waals surface area contributed by atoms with Gasteiger partial charge in [0.2, 0.25) is 0 Å². The van der Waals surface area contributed by atoms with Gasteiger partial charge in [-0.3, -0.25) is 0 Å². The monoisotopic (exact) mass is 219 g/mol. The smallest absolute Gasteiger partial charge is 0.339 e. The number of hydrogen-bond donors (Lipinski definition) is 0. The Balaban J connectivity index is 4.21. The molecule has 0 bridgehead atoms. The van der Waals surface area contributed by atoms with E-state index < -0.39 is 9.28 Å². The van der Waals surface area contributed by atoms with Gasteiger partial charge in [-0.25, -0.2) is 0 Å². The molecule has 1 unspecified atom stereocenters. The lowest BCUT2D eigenvalue weighted by Gasteiger charge is -2.29. The third kappa shape index (κ3) is 5.10. The second-order valence-corrected chi connectivity index (χ2v) is 5.77. The average molecular weight is 219 g/mol. The summed E-state index contributed by atoms with van der Waals surface area (Å²) in [5.74, 6) is 0. The van der Waals surface area contributed by atoms with Crippen molar-refractivity contribution in [1.29, 1.82) is 0 Å². The minimum atomic E-state index is -1.50. The molecule has 4 heteroatoms. The molecule has 0 rings (SSSR count).